The normalized spacial score (nSPS) is 16.5. The zero-order valence-electron chi connectivity index (χ0n) is 14.4. The third kappa shape index (κ3) is 4.46. The van der Waals surface area contributed by atoms with E-state index in [1.54, 1.807) is 23.1 Å². The van der Waals surface area contributed by atoms with Crippen LogP contribution in [0, 0.1) is 0 Å². The zero-order chi connectivity index (χ0) is 18.5. The summed E-state index contributed by atoms with van der Waals surface area (Å²) in [5.74, 6) is 0.571. The molecule has 2 aromatic carbocycles. The van der Waals surface area contributed by atoms with Gasteiger partial charge in [0, 0.05) is 25.2 Å². The van der Waals surface area contributed by atoms with Gasteiger partial charge in [0.15, 0.2) is 0 Å². The molecule has 0 aromatic heterocycles. The van der Waals surface area contributed by atoms with E-state index in [-0.39, 0.29) is 18.0 Å². The summed E-state index contributed by atoms with van der Waals surface area (Å²) < 4.78 is 5.08. The van der Waals surface area contributed by atoms with Crippen LogP contribution >= 0.6 is 11.6 Å². The summed E-state index contributed by atoms with van der Waals surface area (Å²) in [6.45, 7) is 1.04. The van der Waals surface area contributed by atoms with E-state index in [1.807, 2.05) is 30.3 Å². The Morgan fingerprint density at radius 2 is 2.04 bits per heavy atom. The summed E-state index contributed by atoms with van der Waals surface area (Å²) in [6, 6.07) is 14.2. The van der Waals surface area contributed by atoms with Gasteiger partial charge in [-0.3, -0.25) is 4.79 Å². The van der Waals surface area contributed by atoms with Crippen LogP contribution < -0.4 is 15.4 Å². The number of hydrogen-bond donors (Lipinski definition) is 2. The van der Waals surface area contributed by atoms with Crippen LogP contribution in [0.2, 0.25) is 5.02 Å². The fourth-order valence-electron chi connectivity index (χ4n) is 2.92. The first-order valence-electron chi connectivity index (χ1n) is 8.28. The Bertz CT molecular complexity index is 798. The van der Waals surface area contributed by atoms with E-state index in [0.29, 0.717) is 36.0 Å². The van der Waals surface area contributed by atoms with Crippen LogP contribution in [0.4, 0.5) is 10.5 Å². The molecule has 26 heavy (non-hydrogen) atoms. The molecule has 0 radical (unpaired) electrons. The predicted molar refractivity (Wildman–Crippen MR) is 100 cm³/mol. The molecular weight excluding hydrogens is 354 g/mol. The summed E-state index contributed by atoms with van der Waals surface area (Å²) >= 11 is 6.05. The molecule has 7 heteroatoms. The second-order valence-electron chi connectivity index (χ2n) is 6.11. The largest absolute Gasteiger partial charge is 0.495 e. The van der Waals surface area contributed by atoms with Crippen molar-refractivity contribution in [3.63, 3.8) is 0 Å². The van der Waals surface area contributed by atoms with Crippen molar-refractivity contribution in [1.29, 1.82) is 0 Å². The van der Waals surface area contributed by atoms with Crippen molar-refractivity contribution >= 4 is 29.2 Å². The van der Waals surface area contributed by atoms with Gasteiger partial charge in [-0.1, -0.05) is 41.9 Å². The lowest BCUT2D eigenvalue weighted by Crippen LogP contribution is -2.39. The Morgan fingerprint density at radius 1 is 1.27 bits per heavy atom. The van der Waals surface area contributed by atoms with Crippen molar-refractivity contribution in [2.24, 2.45) is 0 Å². The van der Waals surface area contributed by atoms with E-state index in [2.05, 4.69) is 10.6 Å². The van der Waals surface area contributed by atoms with Gasteiger partial charge in [-0.15, -0.1) is 0 Å². The van der Waals surface area contributed by atoms with Gasteiger partial charge >= 0.3 is 6.03 Å². The van der Waals surface area contributed by atoms with Crippen molar-refractivity contribution in [1.82, 2.24) is 10.2 Å². The van der Waals surface area contributed by atoms with Crippen LogP contribution in [0.3, 0.4) is 0 Å². The molecule has 0 aliphatic carbocycles. The highest BCUT2D eigenvalue weighted by atomic mass is 35.5. The summed E-state index contributed by atoms with van der Waals surface area (Å²) in [4.78, 5) is 26.1. The number of benzene rings is 2. The number of nitrogens with one attached hydrogen (secondary N) is 2. The van der Waals surface area contributed by atoms with Crippen LogP contribution in [0.1, 0.15) is 12.0 Å². The Hall–Kier alpha value is -2.73. The number of urea groups is 1. The molecule has 1 aliphatic rings. The molecule has 0 saturated carbocycles. The Labute approximate surface area is 157 Å². The van der Waals surface area contributed by atoms with Crippen LogP contribution in [-0.4, -0.2) is 36.5 Å². The van der Waals surface area contributed by atoms with Crippen LogP contribution in [-0.2, 0) is 11.3 Å². The molecule has 3 amide bonds. The Balaban J connectivity index is 1.53. The molecule has 1 heterocycles. The van der Waals surface area contributed by atoms with Gasteiger partial charge in [0.2, 0.25) is 5.91 Å². The maximum absolute atomic E-state index is 12.2. The van der Waals surface area contributed by atoms with E-state index in [0.717, 1.165) is 5.56 Å². The first-order valence-corrected chi connectivity index (χ1v) is 8.65. The summed E-state index contributed by atoms with van der Waals surface area (Å²) in [6.07, 6.45) is 0.295. The second kappa shape index (κ2) is 8.10. The monoisotopic (exact) mass is 373 g/mol. The van der Waals surface area contributed by atoms with Gasteiger partial charge in [0.25, 0.3) is 0 Å². The highest BCUT2D eigenvalue weighted by Gasteiger charge is 2.30. The van der Waals surface area contributed by atoms with E-state index in [1.165, 1.54) is 7.11 Å². The van der Waals surface area contributed by atoms with Crippen molar-refractivity contribution < 1.29 is 14.3 Å². The van der Waals surface area contributed by atoms with Crippen LogP contribution in [0.5, 0.6) is 5.75 Å². The van der Waals surface area contributed by atoms with E-state index in [9.17, 15) is 9.59 Å². The van der Waals surface area contributed by atoms with Gasteiger partial charge < -0.3 is 20.3 Å². The zero-order valence-corrected chi connectivity index (χ0v) is 15.1. The van der Waals surface area contributed by atoms with E-state index < -0.39 is 0 Å². The molecule has 0 spiro atoms. The van der Waals surface area contributed by atoms with Gasteiger partial charge in [-0.25, -0.2) is 4.79 Å². The lowest BCUT2D eigenvalue weighted by Gasteiger charge is -2.17. The molecule has 2 aromatic rings. The SMILES string of the molecule is COc1ccc(NC(=O)NC2CC(=O)N(Cc3ccccc3)C2)cc1Cl. The first kappa shape index (κ1) is 18.1. The Kier molecular flexibility index (Phi) is 5.63. The summed E-state index contributed by atoms with van der Waals surface area (Å²) in [7, 11) is 1.53. The first-order chi connectivity index (χ1) is 12.5. The molecule has 0 bridgehead atoms. The maximum Gasteiger partial charge on any atom is 0.319 e. The molecule has 6 nitrogen and oxygen atoms in total. The number of methoxy groups -OCH3 is 1. The quantitative estimate of drug-likeness (QED) is 0.845. The van der Waals surface area contributed by atoms with Crippen molar-refractivity contribution in [3.8, 4) is 5.75 Å². The number of nitrogens with zero attached hydrogens (tertiary/aromatic N) is 1. The number of carbonyl (C=O) groups excluding carboxylic acids is 2. The molecule has 1 saturated heterocycles. The van der Waals surface area contributed by atoms with Gasteiger partial charge in [0.05, 0.1) is 18.2 Å². The Morgan fingerprint density at radius 3 is 2.73 bits per heavy atom. The number of carbonyl (C=O) groups is 2. The van der Waals surface area contributed by atoms with Crippen molar-refractivity contribution in [2.45, 2.75) is 19.0 Å². The van der Waals surface area contributed by atoms with Crippen molar-refractivity contribution in [3.05, 3.63) is 59.1 Å². The lowest BCUT2D eigenvalue weighted by molar-refractivity contribution is -0.128. The molecule has 136 valence electrons. The van der Waals surface area contributed by atoms with E-state index >= 15 is 0 Å². The van der Waals surface area contributed by atoms with Gasteiger partial charge in [-0.05, 0) is 23.8 Å². The number of likely N-dealkylation sites (tertiary alicyclic amines) is 1. The molecular formula is C19H20ClN3O3. The third-order valence-corrected chi connectivity index (χ3v) is 4.47. The van der Waals surface area contributed by atoms with Crippen molar-refractivity contribution in [2.75, 3.05) is 19.0 Å². The number of halogens is 1. The van der Waals surface area contributed by atoms with Gasteiger partial charge in [-0.2, -0.15) is 0 Å². The molecule has 1 unspecified atom stereocenters. The number of amides is 3. The predicted octanol–water partition coefficient (Wildman–Crippen LogP) is 3.27. The average Bonchev–Trinajstić information content (AvgIpc) is 2.95. The number of hydrogen-bond acceptors (Lipinski definition) is 3. The average molecular weight is 374 g/mol. The summed E-state index contributed by atoms with van der Waals surface area (Å²) in [5, 5.41) is 5.97. The maximum atomic E-state index is 12.2. The second-order valence-corrected chi connectivity index (χ2v) is 6.52. The molecule has 1 fully saturated rings. The van der Waals surface area contributed by atoms with Crippen LogP contribution in [0.15, 0.2) is 48.5 Å². The van der Waals surface area contributed by atoms with Gasteiger partial charge in [0.1, 0.15) is 5.75 Å². The minimum Gasteiger partial charge on any atom is -0.495 e. The third-order valence-electron chi connectivity index (χ3n) is 4.18. The lowest BCUT2D eigenvalue weighted by atomic mass is 10.2. The summed E-state index contributed by atoms with van der Waals surface area (Å²) in [5.41, 5.74) is 1.62. The minimum atomic E-state index is -0.370. The highest BCUT2D eigenvalue weighted by molar-refractivity contribution is 6.32. The topological polar surface area (TPSA) is 70.7 Å². The molecule has 3 rings (SSSR count). The number of anilines is 1. The van der Waals surface area contributed by atoms with Crippen LogP contribution in [0.25, 0.3) is 0 Å². The standard InChI is InChI=1S/C19H20ClN3O3/c1-26-17-8-7-14(9-16(17)20)21-19(25)22-15-10-18(24)23(12-15)11-13-5-3-2-4-6-13/h2-9,15H,10-12H2,1H3,(H2,21,22,25). The fourth-order valence-corrected chi connectivity index (χ4v) is 3.18. The minimum absolute atomic E-state index is 0.0339. The molecule has 1 aliphatic heterocycles. The number of rotatable bonds is 5. The fraction of sp³-hybridized carbons (Fsp3) is 0.263. The number of ether oxygens (including phenoxy) is 1. The molecule has 2 N–H and O–H groups in total. The van der Waals surface area contributed by atoms with E-state index in [4.69, 9.17) is 16.3 Å². The molecule has 1 atom stereocenters. The smallest absolute Gasteiger partial charge is 0.319 e. The highest BCUT2D eigenvalue weighted by Crippen LogP contribution is 2.27.